The van der Waals surface area contributed by atoms with Crippen molar-refractivity contribution in [3.8, 4) is 0 Å². The van der Waals surface area contributed by atoms with Crippen LogP contribution in [0.3, 0.4) is 0 Å². The van der Waals surface area contributed by atoms with Crippen molar-refractivity contribution >= 4 is 38.5 Å². The van der Waals surface area contributed by atoms with Gasteiger partial charge in [0.05, 0.1) is 16.6 Å². The molecule has 3 aromatic rings. The van der Waals surface area contributed by atoms with E-state index in [2.05, 4.69) is 15.6 Å². The van der Waals surface area contributed by atoms with E-state index in [1.54, 1.807) is 0 Å². The number of para-hydroxylation sites is 1. The number of nitrogens with one attached hydrogen (secondary N) is 2. The Morgan fingerprint density at radius 3 is 2.60 bits per heavy atom. The van der Waals surface area contributed by atoms with Gasteiger partial charge in [0.15, 0.2) is 5.13 Å². The maximum Gasteiger partial charge on any atom is 0.227 e. The van der Waals surface area contributed by atoms with Crippen LogP contribution in [0.5, 0.6) is 0 Å². The zero-order valence-electron chi connectivity index (χ0n) is 13.9. The van der Waals surface area contributed by atoms with Gasteiger partial charge in [0, 0.05) is 13.0 Å². The summed E-state index contributed by atoms with van der Waals surface area (Å²) in [5, 5.41) is 6.15. The topological polar surface area (TPSA) is 71.1 Å². The SMILES string of the molecule is Cc1cccc2sc(NC(=O)CCNC(=O)Cc3ccccc3)nc12. The van der Waals surface area contributed by atoms with E-state index in [1.165, 1.54) is 11.3 Å². The van der Waals surface area contributed by atoms with Crippen LogP contribution in [0.2, 0.25) is 0 Å². The molecule has 2 aromatic carbocycles. The quantitative estimate of drug-likeness (QED) is 0.714. The summed E-state index contributed by atoms with van der Waals surface area (Å²) in [5.74, 6) is -0.244. The fourth-order valence-electron chi connectivity index (χ4n) is 2.48. The molecule has 2 amide bonds. The highest BCUT2D eigenvalue weighted by Crippen LogP contribution is 2.27. The standard InChI is InChI=1S/C19H19N3O2S/c1-13-6-5-9-15-18(13)22-19(25-15)21-16(23)10-11-20-17(24)12-14-7-3-2-4-8-14/h2-9H,10-12H2,1H3,(H,20,24)(H,21,22,23). The molecule has 0 spiro atoms. The summed E-state index contributed by atoms with van der Waals surface area (Å²) in [6.45, 7) is 2.30. The molecule has 3 rings (SSSR count). The van der Waals surface area contributed by atoms with Crippen LogP contribution in [-0.2, 0) is 16.0 Å². The van der Waals surface area contributed by atoms with E-state index in [1.807, 2.05) is 55.5 Å². The minimum Gasteiger partial charge on any atom is -0.355 e. The molecule has 25 heavy (non-hydrogen) atoms. The van der Waals surface area contributed by atoms with Crippen molar-refractivity contribution in [3.63, 3.8) is 0 Å². The molecule has 0 aliphatic rings. The molecule has 0 saturated heterocycles. The average molecular weight is 353 g/mol. The fraction of sp³-hybridized carbons (Fsp3) is 0.211. The van der Waals surface area contributed by atoms with Gasteiger partial charge in [0.1, 0.15) is 0 Å². The van der Waals surface area contributed by atoms with Gasteiger partial charge in [-0.25, -0.2) is 4.98 Å². The summed E-state index contributed by atoms with van der Waals surface area (Å²) >= 11 is 1.45. The van der Waals surface area contributed by atoms with Crippen LogP contribution in [0.1, 0.15) is 17.5 Å². The maximum atomic E-state index is 12.0. The van der Waals surface area contributed by atoms with Crippen molar-refractivity contribution in [1.82, 2.24) is 10.3 Å². The highest BCUT2D eigenvalue weighted by atomic mass is 32.1. The molecule has 0 fully saturated rings. The zero-order valence-corrected chi connectivity index (χ0v) is 14.7. The van der Waals surface area contributed by atoms with Gasteiger partial charge < -0.3 is 10.6 Å². The number of carbonyl (C=O) groups excluding carboxylic acids is 2. The summed E-state index contributed by atoms with van der Waals surface area (Å²) in [4.78, 5) is 28.3. The Balaban J connectivity index is 1.46. The second kappa shape index (κ2) is 7.90. The van der Waals surface area contributed by atoms with Gasteiger partial charge in [0.25, 0.3) is 0 Å². The number of rotatable bonds is 6. The summed E-state index contributed by atoms with van der Waals surface area (Å²) < 4.78 is 1.05. The first-order chi connectivity index (χ1) is 12.1. The van der Waals surface area contributed by atoms with Crippen molar-refractivity contribution in [3.05, 3.63) is 59.7 Å². The van der Waals surface area contributed by atoms with Crippen LogP contribution in [0.4, 0.5) is 5.13 Å². The minimum absolute atomic E-state index is 0.0883. The first-order valence-corrected chi connectivity index (χ1v) is 8.90. The Kier molecular flexibility index (Phi) is 5.40. The number of anilines is 1. The van der Waals surface area contributed by atoms with Gasteiger partial charge in [-0.3, -0.25) is 9.59 Å². The van der Waals surface area contributed by atoms with Gasteiger partial charge in [-0.05, 0) is 24.1 Å². The Hall–Kier alpha value is -2.73. The zero-order chi connectivity index (χ0) is 17.6. The normalized spacial score (nSPS) is 10.6. The third-order valence-corrected chi connectivity index (χ3v) is 4.68. The van der Waals surface area contributed by atoms with E-state index in [0.29, 0.717) is 18.1 Å². The first-order valence-electron chi connectivity index (χ1n) is 8.08. The third-order valence-electron chi connectivity index (χ3n) is 3.75. The smallest absolute Gasteiger partial charge is 0.227 e. The molecular formula is C19H19N3O2S. The molecule has 0 aliphatic heterocycles. The number of amides is 2. The lowest BCUT2D eigenvalue weighted by molar-refractivity contribution is -0.120. The van der Waals surface area contributed by atoms with Gasteiger partial charge in [0.2, 0.25) is 11.8 Å². The van der Waals surface area contributed by atoms with Gasteiger partial charge >= 0.3 is 0 Å². The van der Waals surface area contributed by atoms with Gasteiger partial charge in [-0.1, -0.05) is 53.8 Å². The lowest BCUT2D eigenvalue weighted by Gasteiger charge is -2.05. The molecule has 5 nitrogen and oxygen atoms in total. The number of aryl methyl sites for hydroxylation is 1. The average Bonchev–Trinajstić information content (AvgIpc) is 2.99. The van der Waals surface area contributed by atoms with E-state index < -0.39 is 0 Å². The highest BCUT2D eigenvalue weighted by molar-refractivity contribution is 7.22. The number of nitrogens with zero attached hydrogens (tertiary/aromatic N) is 1. The molecular weight excluding hydrogens is 334 g/mol. The highest BCUT2D eigenvalue weighted by Gasteiger charge is 2.10. The first kappa shape index (κ1) is 17.1. The van der Waals surface area contributed by atoms with Crippen molar-refractivity contribution in [2.45, 2.75) is 19.8 Å². The van der Waals surface area contributed by atoms with Crippen molar-refractivity contribution < 1.29 is 9.59 Å². The summed E-state index contributed by atoms with van der Waals surface area (Å²) in [6, 6.07) is 15.5. The lowest BCUT2D eigenvalue weighted by Crippen LogP contribution is -2.28. The van der Waals surface area contributed by atoms with Crippen molar-refractivity contribution in [1.29, 1.82) is 0 Å². The minimum atomic E-state index is -0.156. The molecule has 2 N–H and O–H groups in total. The summed E-state index contributed by atoms with van der Waals surface area (Å²) in [6.07, 6.45) is 0.537. The van der Waals surface area contributed by atoms with Gasteiger partial charge in [-0.2, -0.15) is 0 Å². The number of benzene rings is 2. The fourth-order valence-corrected chi connectivity index (χ4v) is 3.44. The van der Waals surface area contributed by atoms with Crippen LogP contribution in [0.15, 0.2) is 48.5 Å². The largest absolute Gasteiger partial charge is 0.355 e. The van der Waals surface area contributed by atoms with Crippen LogP contribution >= 0.6 is 11.3 Å². The number of fused-ring (bicyclic) bond motifs is 1. The van der Waals surface area contributed by atoms with Gasteiger partial charge in [-0.15, -0.1) is 0 Å². The number of carbonyl (C=O) groups is 2. The second-order valence-electron chi connectivity index (χ2n) is 5.75. The number of thiazole rings is 1. The van der Waals surface area contributed by atoms with E-state index in [-0.39, 0.29) is 18.2 Å². The Labute approximate surface area is 150 Å². The van der Waals surface area contributed by atoms with Crippen LogP contribution in [-0.4, -0.2) is 23.3 Å². The molecule has 6 heteroatoms. The predicted octanol–water partition coefficient (Wildman–Crippen LogP) is 3.29. The molecule has 0 atom stereocenters. The molecule has 1 aromatic heterocycles. The lowest BCUT2D eigenvalue weighted by atomic mass is 10.1. The van der Waals surface area contributed by atoms with E-state index in [4.69, 9.17) is 0 Å². The molecule has 0 unspecified atom stereocenters. The Bertz CT molecular complexity index is 890. The van der Waals surface area contributed by atoms with E-state index in [9.17, 15) is 9.59 Å². The maximum absolute atomic E-state index is 12.0. The van der Waals surface area contributed by atoms with E-state index >= 15 is 0 Å². The monoisotopic (exact) mass is 353 g/mol. The molecule has 128 valence electrons. The van der Waals surface area contributed by atoms with Crippen LogP contribution < -0.4 is 10.6 Å². The van der Waals surface area contributed by atoms with Crippen LogP contribution in [0.25, 0.3) is 10.2 Å². The Morgan fingerprint density at radius 1 is 1.04 bits per heavy atom. The van der Waals surface area contributed by atoms with Crippen molar-refractivity contribution in [2.75, 3.05) is 11.9 Å². The number of aromatic nitrogens is 1. The Morgan fingerprint density at radius 2 is 1.84 bits per heavy atom. The molecule has 0 radical (unpaired) electrons. The van der Waals surface area contributed by atoms with Crippen molar-refractivity contribution in [2.24, 2.45) is 0 Å². The number of hydrogen-bond acceptors (Lipinski definition) is 4. The van der Waals surface area contributed by atoms with E-state index in [0.717, 1.165) is 21.3 Å². The second-order valence-corrected chi connectivity index (χ2v) is 6.78. The number of hydrogen-bond donors (Lipinski definition) is 2. The molecule has 1 heterocycles. The summed E-state index contributed by atoms with van der Waals surface area (Å²) in [5.41, 5.74) is 2.95. The third kappa shape index (κ3) is 4.64. The summed E-state index contributed by atoms with van der Waals surface area (Å²) in [7, 11) is 0. The van der Waals surface area contributed by atoms with Crippen LogP contribution in [0, 0.1) is 6.92 Å². The molecule has 0 bridgehead atoms. The molecule has 0 aliphatic carbocycles. The molecule has 0 saturated carbocycles. The predicted molar refractivity (Wildman–Crippen MR) is 101 cm³/mol.